The minimum Gasteiger partial charge on any atom is -0.744 e. The van der Waals surface area contributed by atoms with Crippen LogP contribution in [0.25, 0.3) is 21.5 Å². The smallest absolute Gasteiger partial charge is 0.255 e. The summed E-state index contributed by atoms with van der Waals surface area (Å²) in [5.74, 6) is 0.119. The SMILES string of the molecule is CCC(C)(C)c1ccc(OCCCCNC(=O)c2cc(Oc3ccc(N=Nc4c(C)cc5cc(S(=O)(=O)[O-])cc(NC(C)=O)c5c4O)cc3)c3ccccc3c2O)c(C(C)(C)CC)c1. The molecule has 0 radical (unpaired) electrons. The van der Waals surface area contributed by atoms with Crippen molar-refractivity contribution in [2.45, 2.75) is 96.8 Å². The van der Waals surface area contributed by atoms with Crippen molar-refractivity contribution >= 4 is 60.5 Å². The first-order chi connectivity index (χ1) is 30.2. The second-order valence-electron chi connectivity index (χ2n) is 17.2. The first-order valence-electron chi connectivity index (χ1n) is 21.3. The lowest BCUT2D eigenvalue weighted by Gasteiger charge is -2.30. The van der Waals surface area contributed by atoms with Gasteiger partial charge in [-0.25, -0.2) is 8.42 Å². The van der Waals surface area contributed by atoms with E-state index in [1.165, 1.54) is 30.2 Å². The zero-order chi connectivity index (χ0) is 46.6. The lowest BCUT2D eigenvalue weighted by atomic mass is 9.76. The largest absolute Gasteiger partial charge is 0.744 e. The molecule has 0 aliphatic carbocycles. The first-order valence-corrected chi connectivity index (χ1v) is 22.7. The molecule has 0 aliphatic heterocycles. The molecule has 13 nitrogen and oxygen atoms in total. The van der Waals surface area contributed by atoms with Gasteiger partial charge in [-0.1, -0.05) is 77.9 Å². The molecule has 0 fully saturated rings. The number of rotatable bonds is 17. The van der Waals surface area contributed by atoms with Gasteiger partial charge in [0.05, 0.1) is 28.4 Å². The van der Waals surface area contributed by atoms with Crippen LogP contribution in [0.3, 0.4) is 0 Å². The third kappa shape index (κ3) is 10.5. The highest BCUT2D eigenvalue weighted by Gasteiger charge is 2.27. The van der Waals surface area contributed by atoms with E-state index in [4.69, 9.17) is 9.47 Å². The van der Waals surface area contributed by atoms with Crippen LogP contribution in [-0.4, -0.2) is 48.1 Å². The number of phenols is 2. The van der Waals surface area contributed by atoms with Crippen molar-refractivity contribution in [1.29, 1.82) is 0 Å². The number of azo groups is 1. The van der Waals surface area contributed by atoms with E-state index in [-0.39, 0.29) is 50.0 Å². The van der Waals surface area contributed by atoms with Crippen LogP contribution in [0.5, 0.6) is 28.7 Å². The van der Waals surface area contributed by atoms with Crippen molar-refractivity contribution in [2.24, 2.45) is 10.2 Å². The Bertz CT molecular complexity index is 2870. The summed E-state index contributed by atoms with van der Waals surface area (Å²) in [4.78, 5) is 24.9. The predicted molar refractivity (Wildman–Crippen MR) is 249 cm³/mol. The Kier molecular flexibility index (Phi) is 14.0. The van der Waals surface area contributed by atoms with Crippen molar-refractivity contribution in [3.63, 3.8) is 0 Å². The molecule has 0 bridgehead atoms. The first kappa shape index (κ1) is 47.0. The Morgan fingerprint density at radius 1 is 0.797 bits per heavy atom. The van der Waals surface area contributed by atoms with Gasteiger partial charge in [0.15, 0.2) is 5.75 Å². The van der Waals surface area contributed by atoms with Crippen LogP contribution in [0.1, 0.15) is 101 Å². The van der Waals surface area contributed by atoms with Gasteiger partial charge < -0.3 is 34.9 Å². The normalized spacial score (nSPS) is 12.2. The van der Waals surface area contributed by atoms with E-state index < -0.39 is 26.8 Å². The predicted octanol–water partition coefficient (Wildman–Crippen LogP) is 11.7. The summed E-state index contributed by atoms with van der Waals surface area (Å²) in [6.45, 7) is 17.1. The number of ether oxygens (including phenoxy) is 2. The van der Waals surface area contributed by atoms with Gasteiger partial charge in [0.1, 0.15) is 38.8 Å². The molecule has 0 atom stereocenters. The summed E-state index contributed by atoms with van der Waals surface area (Å²) in [6.07, 6.45) is 3.38. The Balaban J connectivity index is 1.13. The number of anilines is 1. The Labute approximate surface area is 374 Å². The summed E-state index contributed by atoms with van der Waals surface area (Å²) in [7, 11) is -4.87. The fraction of sp³-hybridized carbons (Fsp3) is 0.320. The van der Waals surface area contributed by atoms with Gasteiger partial charge in [-0.05, 0) is 115 Å². The molecule has 0 unspecified atom stereocenters. The monoisotopic (exact) mass is 887 g/mol. The molecule has 4 N–H and O–H groups in total. The highest BCUT2D eigenvalue weighted by atomic mass is 32.2. The second kappa shape index (κ2) is 19.1. The van der Waals surface area contributed by atoms with Crippen LogP contribution in [0.15, 0.2) is 106 Å². The zero-order valence-corrected chi connectivity index (χ0v) is 38.3. The standard InChI is InChI=1S/C50H56N4O9S/c1-9-49(5,6)33-17-22-42(40(27-33)50(7,8)10-2)62-24-14-13-23-51-48(58)39-29-43(37-15-11-12-16-38(37)46(39)56)63-35-20-18-34(19-21-35)53-54-45-30(3)25-32-26-36(64(59,60)61)28-41(52-31(4)55)44(32)47(45)57/h11-12,15-22,25-29,56-57H,9-10,13-14,23-24H2,1-8H3,(H,51,58)(H,52,55)(H,59,60,61)/p-1. The van der Waals surface area contributed by atoms with E-state index in [1.807, 2.05) is 0 Å². The molecule has 2 amide bonds. The summed E-state index contributed by atoms with van der Waals surface area (Å²) in [5.41, 5.74) is 3.38. The number of carbonyl (C=O) groups excluding carboxylic acids is 2. The van der Waals surface area contributed by atoms with E-state index in [0.717, 1.165) is 30.7 Å². The maximum Gasteiger partial charge on any atom is 0.255 e. The molecule has 0 heterocycles. The number of hydrogen-bond acceptors (Lipinski definition) is 11. The van der Waals surface area contributed by atoms with Crippen LogP contribution >= 0.6 is 0 Å². The van der Waals surface area contributed by atoms with Gasteiger partial charge in [0, 0.05) is 35.2 Å². The Hall–Kier alpha value is -6.51. The molecule has 0 aliphatic rings. The van der Waals surface area contributed by atoms with Crippen molar-refractivity contribution in [3.05, 3.63) is 113 Å². The van der Waals surface area contributed by atoms with Gasteiger partial charge in [0.2, 0.25) is 5.91 Å². The van der Waals surface area contributed by atoms with Crippen molar-refractivity contribution in [3.8, 4) is 28.7 Å². The van der Waals surface area contributed by atoms with Crippen molar-refractivity contribution in [1.82, 2.24) is 5.32 Å². The molecule has 6 rings (SSSR count). The van der Waals surface area contributed by atoms with E-state index >= 15 is 0 Å². The third-order valence-electron chi connectivity index (χ3n) is 11.9. The molecular formula is C50H55N4O9S-. The average Bonchev–Trinajstić information content (AvgIpc) is 3.25. The van der Waals surface area contributed by atoms with E-state index in [2.05, 4.69) is 80.6 Å². The van der Waals surface area contributed by atoms with E-state index in [0.29, 0.717) is 59.5 Å². The number of carbonyl (C=O) groups is 2. The maximum absolute atomic E-state index is 13.5. The zero-order valence-electron chi connectivity index (χ0n) is 37.5. The molecule has 0 spiro atoms. The fourth-order valence-electron chi connectivity index (χ4n) is 7.29. The minimum atomic E-state index is -4.87. The second-order valence-corrected chi connectivity index (χ2v) is 18.6. The third-order valence-corrected chi connectivity index (χ3v) is 12.7. The average molecular weight is 888 g/mol. The van der Waals surface area contributed by atoms with Crippen LogP contribution < -0.4 is 20.1 Å². The maximum atomic E-state index is 13.5. The molecule has 64 heavy (non-hydrogen) atoms. The lowest BCUT2D eigenvalue weighted by Crippen LogP contribution is -2.25. The number of phenolic OH excluding ortho intramolecular Hbond substituents is 2. The highest BCUT2D eigenvalue weighted by molar-refractivity contribution is 7.85. The summed E-state index contributed by atoms with van der Waals surface area (Å²) in [5, 5.41) is 37.8. The summed E-state index contributed by atoms with van der Waals surface area (Å²) < 4.78 is 48.0. The van der Waals surface area contributed by atoms with Crippen LogP contribution in [0.4, 0.5) is 17.1 Å². The number of benzene rings is 6. The Morgan fingerprint density at radius 2 is 1.48 bits per heavy atom. The van der Waals surface area contributed by atoms with Crippen LogP contribution in [0.2, 0.25) is 0 Å². The molecular weight excluding hydrogens is 833 g/mol. The number of amides is 2. The highest BCUT2D eigenvalue weighted by Crippen LogP contribution is 2.44. The number of aromatic hydroxyl groups is 2. The van der Waals surface area contributed by atoms with Gasteiger partial charge in [0.25, 0.3) is 5.91 Å². The molecule has 336 valence electrons. The van der Waals surface area contributed by atoms with Gasteiger partial charge >= 0.3 is 0 Å². The van der Waals surface area contributed by atoms with Gasteiger partial charge in [-0.2, -0.15) is 5.11 Å². The lowest BCUT2D eigenvalue weighted by molar-refractivity contribution is -0.114. The molecule has 0 saturated heterocycles. The van der Waals surface area contributed by atoms with Gasteiger partial charge in [-0.15, -0.1) is 5.11 Å². The quantitative estimate of drug-likeness (QED) is 0.0391. The summed E-state index contributed by atoms with van der Waals surface area (Å²) >= 11 is 0. The molecule has 0 aromatic heterocycles. The van der Waals surface area contributed by atoms with Crippen LogP contribution in [0, 0.1) is 6.92 Å². The van der Waals surface area contributed by atoms with Crippen LogP contribution in [-0.2, 0) is 25.7 Å². The molecule has 6 aromatic rings. The number of hydrogen-bond donors (Lipinski definition) is 4. The number of unbranched alkanes of at least 4 members (excludes halogenated alkanes) is 1. The van der Waals surface area contributed by atoms with Crippen molar-refractivity contribution in [2.75, 3.05) is 18.5 Å². The topological polar surface area (TPSA) is 199 Å². The molecule has 0 saturated carbocycles. The minimum absolute atomic E-state index is 0.0530. The fourth-order valence-corrected chi connectivity index (χ4v) is 7.82. The number of nitrogens with one attached hydrogen (secondary N) is 2. The van der Waals surface area contributed by atoms with E-state index in [1.54, 1.807) is 55.5 Å². The molecule has 6 aromatic carbocycles. The van der Waals surface area contributed by atoms with Crippen molar-refractivity contribution < 1.29 is 42.2 Å². The van der Waals surface area contributed by atoms with E-state index in [9.17, 15) is 32.8 Å². The number of nitrogens with zero attached hydrogens (tertiary/aromatic N) is 2. The molecule has 14 heteroatoms. The summed E-state index contributed by atoms with van der Waals surface area (Å²) in [6, 6.07) is 25.3. The number of aryl methyl sites for hydroxylation is 1. The van der Waals surface area contributed by atoms with Gasteiger partial charge in [-0.3, -0.25) is 9.59 Å². The number of fused-ring (bicyclic) bond motifs is 2. The Morgan fingerprint density at radius 3 is 2.14 bits per heavy atom.